The van der Waals surface area contributed by atoms with Crippen LogP contribution in [0.25, 0.3) is 0 Å². The first-order chi connectivity index (χ1) is 30.3. The number of cyclic esters (lactones) is 1. The van der Waals surface area contributed by atoms with Crippen molar-refractivity contribution >= 4 is 53.2 Å². The van der Waals surface area contributed by atoms with Gasteiger partial charge in [-0.3, -0.25) is 24.0 Å². The van der Waals surface area contributed by atoms with Gasteiger partial charge in [0.15, 0.2) is 0 Å². The third-order valence-electron chi connectivity index (χ3n) is 12.0. The summed E-state index contributed by atoms with van der Waals surface area (Å²) in [5.74, 6) is -4.68. The summed E-state index contributed by atoms with van der Waals surface area (Å²) in [5, 5.41) is 37.7. The maximum Gasteiger partial charge on any atom is 0.408 e. The summed E-state index contributed by atoms with van der Waals surface area (Å²) < 4.78 is 5.36. The average molecular weight is 914 g/mol. The molecule has 2 aromatic rings. The Morgan fingerprint density at radius 3 is 1.94 bits per heavy atom. The SMILES string of the molecule is CC(C)[C@H](NC(=O)[C@H]1OC(=O)N[C@H]1CCCCCCCCl)C(=O)N(C)[C@H](C(=O)N(C)[C@@H](Cc1ccc(O)cc1)C(=O)N1CCC[C@H]1C(=O)N[C@@H](Cc1ccc(O)cc1)C(=O)O)C(C)C. The van der Waals surface area contributed by atoms with E-state index in [1.807, 2.05) is 0 Å². The van der Waals surface area contributed by atoms with Crippen molar-refractivity contribution in [2.75, 3.05) is 26.5 Å². The monoisotopic (exact) mass is 912 g/mol. The van der Waals surface area contributed by atoms with Gasteiger partial charge in [-0.05, 0) is 72.9 Å². The number of carboxylic acid groups (broad SMARTS) is 1. The van der Waals surface area contributed by atoms with Crippen LogP contribution in [0, 0.1) is 11.8 Å². The highest BCUT2D eigenvalue weighted by Gasteiger charge is 2.45. The Hall–Kier alpha value is -5.58. The highest BCUT2D eigenvalue weighted by Crippen LogP contribution is 2.25. The fraction of sp³-hybridized carbons (Fsp3) is 0.587. The molecule has 352 valence electrons. The Kier molecular flexibility index (Phi) is 19.1. The minimum Gasteiger partial charge on any atom is -0.508 e. The van der Waals surface area contributed by atoms with E-state index in [1.54, 1.807) is 52.0 Å². The largest absolute Gasteiger partial charge is 0.508 e. The zero-order valence-corrected chi connectivity index (χ0v) is 38.4. The number of phenols is 2. The Labute approximate surface area is 380 Å². The molecule has 0 aromatic heterocycles. The summed E-state index contributed by atoms with van der Waals surface area (Å²) in [5.41, 5.74) is 1.15. The number of ether oxygens (including phenoxy) is 1. The number of carbonyl (C=O) groups excluding carboxylic acids is 6. The van der Waals surface area contributed by atoms with Gasteiger partial charge in [0.1, 0.15) is 41.7 Å². The summed E-state index contributed by atoms with van der Waals surface area (Å²) in [7, 11) is 2.91. The summed E-state index contributed by atoms with van der Waals surface area (Å²) in [4.78, 5) is 99.8. The number of nitrogens with zero attached hydrogens (tertiary/aromatic N) is 3. The number of likely N-dealkylation sites (tertiary alicyclic amines) is 1. The van der Waals surface area contributed by atoms with Gasteiger partial charge in [-0.15, -0.1) is 11.6 Å². The van der Waals surface area contributed by atoms with Crippen LogP contribution in [0.3, 0.4) is 0 Å². The second-order valence-electron chi connectivity index (χ2n) is 17.5. The number of hydrogen-bond donors (Lipinski definition) is 6. The van der Waals surface area contributed by atoms with Crippen LogP contribution in [0.2, 0.25) is 0 Å². The predicted molar refractivity (Wildman–Crippen MR) is 238 cm³/mol. The number of carbonyl (C=O) groups is 7. The Morgan fingerprint density at radius 2 is 1.38 bits per heavy atom. The van der Waals surface area contributed by atoms with Crippen molar-refractivity contribution in [3.63, 3.8) is 0 Å². The van der Waals surface area contributed by atoms with Crippen molar-refractivity contribution in [3.05, 3.63) is 59.7 Å². The molecule has 7 atom stereocenters. The zero-order valence-electron chi connectivity index (χ0n) is 37.6. The molecule has 2 heterocycles. The first kappa shape index (κ1) is 51.1. The van der Waals surface area contributed by atoms with E-state index in [0.29, 0.717) is 29.8 Å². The molecular weight excluding hydrogens is 848 g/mol. The fourth-order valence-electron chi connectivity index (χ4n) is 8.35. The van der Waals surface area contributed by atoms with Crippen LogP contribution in [0.15, 0.2) is 48.5 Å². The predicted octanol–water partition coefficient (Wildman–Crippen LogP) is 3.95. The molecule has 2 aliphatic heterocycles. The molecule has 0 bridgehead atoms. The number of phenolic OH excluding ortho intramolecular Hbond substituents is 2. The number of aliphatic carboxylic acids is 1. The molecule has 4 rings (SSSR count). The van der Waals surface area contributed by atoms with E-state index < -0.39 is 95.8 Å². The van der Waals surface area contributed by atoms with Crippen molar-refractivity contribution in [2.24, 2.45) is 11.8 Å². The molecule has 6 N–H and O–H groups in total. The third kappa shape index (κ3) is 13.7. The number of amides is 6. The van der Waals surface area contributed by atoms with E-state index in [0.717, 1.165) is 32.1 Å². The van der Waals surface area contributed by atoms with Crippen molar-refractivity contribution in [1.29, 1.82) is 0 Å². The highest BCUT2D eigenvalue weighted by molar-refractivity contribution is 6.17. The van der Waals surface area contributed by atoms with Gasteiger partial charge in [0.05, 0.1) is 6.04 Å². The number of halogens is 1. The molecule has 2 saturated heterocycles. The maximum atomic E-state index is 14.8. The molecule has 6 amide bonds. The van der Waals surface area contributed by atoms with Gasteiger partial charge >= 0.3 is 12.1 Å². The van der Waals surface area contributed by atoms with E-state index in [2.05, 4.69) is 16.0 Å². The zero-order chi connectivity index (χ0) is 47.2. The van der Waals surface area contributed by atoms with Gasteiger partial charge in [-0.2, -0.15) is 0 Å². The van der Waals surface area contributed by atoms with Crippen LogP contribution in [-0.4, -0.2) is 140 Å². The average Bonchev–Trinajstić information content (AvgIpc) is 3.90. The fourth-order valence-corrected chi connectivity index (χ4v) is 8.54. The van der Waals surface area contributed by atoms with Crippen LogP contribution in [0.1, 0.15) is 90.2 Å². The van der Waals surface area contributed by atoms with Crippen LogP contribution >= 0.6 is 11.6 Å². The number of alkyl halides is 1. The second-order valence-corrected chi connectivity index (χ2v) is 17.9. The molecule has 64 heavy (non-hydrogen) atoms. The molecule has 0 unspecified atom stereocenters. The lowest BCUT2D eigenvalue weighted by Crippen LogP contribution is -2.61. The maximum absolute atomic E-state index is 14.8. The van der Waals surface area contributed by atoms with E-state index >= 15 is 0 Å². The Bertz CT molecular complexity index is 1930. The van der Waals surface area contributed by atoms with E-state index in [1.165, 1.54) is 53.1 Å². The van der Waals surface area contributed by atoms with Gasteiger partial charge in [-0.25, -0.2) is 9.59 Å². The molecule has 0 aliphatic carbocycles. The summed E-state index contributed by atoms with van der Waals surface area (Å²) in [6.07, 6.45) is 3.68. The van der Waals surface area contributed by atoms with E-state index in [9.17, 15) is 48.9 Å². The number of alkyl carbamates (subject to hydrolysis) is 1. The van der Waals surface area contributed by atoms with Gasteiger partial charge in [0, 0.05) is 39.4 Å². The number of carboxylic acids is 1. The van der Waals surface area contributed by atoms with Crippen molar-refractivity contribution < 1.29 is 53.6 Å². The van der Waals surface area contributed by atoms with Gasteiger partial charge in [0.2, 0.25) is 29.7 Å². The smallest absolute Gasteiger partial charge is 0.408 e. The molecule has 0 radical (unpaired) electrons. The Morgan fingerprint density at radius 1 is 0.797 bits per heavy atom. The molecule has 2 aromatic carbocycles. The summed E-state index contributed by atoms with van der Waals surface area (Å²) in [6, 6.07) is 5.62. The Balaban J connectivity index is 1.54. The van der Waals surface area contributed by atoms with Crippen molar-refractivity contribution in [3.8, 4) is 11.5 Å². The van der Waals surface area contributed by atoms with Crippen LogP contribution in [0.5, 0.6) is 11.5 Å². The normalized spacial score (nSPS) is 19.0. The number of aromatic hydroxyl groups is 2. The first-order valence-electron chi connectivity index (χ1n) is 22.1. The van der Waals surface area contributed by atoms with Crippen LogP contribution in [-0.2, 0) is 46.3 Å². The lowest BCUT2D eigenvalue weighted by atomic mass is 9.95. The van der Waals surface area contributed by atoms with E-state index in [4.69, 9.17) is 16.3 Å². The number of nitrogens with one attached hydrogen (secondary N) is 3. The van der Waals surface area contributed by atoms with E-state index in [-0.39, 0.29) is 37.3 Å². The third-order valence-corrected chi connectivity index (χ3v) is 12.3. The lowest BCUT2D eigenvalue weighted by molar-refractivity contribution is -0.154. The van der Waals surface area contributed by atoms with Crippen LogP contribution < -0.4 is 16.0 Å². The van der Waals surface area contributed by atoms with Crippen LogP contribution in [0.4, 0.5) is 4.79 Å². The highest BCUT2D eigenvalue weighted by atomic mass is 35.5. The van der Waals surface area contributed by atoms with Gasteiger partial charge < -0.3 is 50.7 Å². The second kappa shape index (κ2) is 23.9. The first-order valence-corrected chi connectivity index (χ1v) is 22.6. The molecule has 18 heteroatoms. The molecule has 0 saturated carbocycles. The molecule has 2 aliphatic rings. The lowest BCUT2D eigenvalue weighted by Gasteiger charge is -2.39. The molecule has 0 spiro atoms. The summed E-state index contributed by atoms with van der Waals surface area (Å²) >= 11 is 5.78. The molecular formula is C46H65ClN6O11. The quantitative estimate of drug-likeness (QED) is 0.0690. The number of likely N-dealkylation sites (N-methyl/N-ethyl adjacent to an activating group) is 2. The standard InChI is InChI=1S/C46H65ClN6O11/c1-27(2)37(50-41(57)39-33(49-46(63)64-39)13-10-8-7-9-11-23-47)43(59)52(6)38(28(3)4)44(60)51(5)36(26-30-17-21-32(55)22-18-30)42(58)53-24-12-14-35(53)40(56)48-34(45(61)62)25-29-15-19-31(54)20-16-29/h15-22,27-28,33-39,54-55H,7-14,23-26H2,1-6H3,(H,48,56)(H,49,63)(H,50,57)(H,61,62)/t33-,34-,35-,36-,37-,38-,39-/m0/s1. The summed E-state index contributed by atoms with van der Waals surface area (Å²) in [6.45, 7) is 7.15. The number of unbranched alkanes of at least 4 members (excludes halogenated alkanes) is 4. The topological polar surface area (TPSA) is 235 Å². The number of hydrogen-bond acceptors (Lipinski definition) is 10. The number of rotatable bonds is 23. The number of benzene rings is 2. The molecule has 2 fully saturated rings. The molecule has 17 nitrogen and oxygen atoms in total. The van der Waals surface area contributed by atoms with Gasteiger partial charge in [-0.1, -0.05) is 77.6 Å². The van der Waals surface area contributed by atoms with Crippen molar-refractivity contribution in [1.82, 2.24) is 30.7 Å². The minimum absolute atomic E-state index is 0.00308. The van der Waals surface area contributed by atoms with Crippen molar-refractivity contribution in [2.45, 2.75) is 134 Å². The minimum atomic E-state index is -1.33. The van der Waals surface area contributed by atoms with Gasteiger partial charge in [0.25, 0.3) is 5.91 Å².